The van der Waals surface area contributed by atoms with Crippen molar-refractivity contribution in [3.05, 3.63) is 72.9 Å². The number of carbonyl (C=O) groups excluding carboxylic acids is 2. The van der Waals surface area contributed by atoms with E-state index in [4.69, 9.17) is 18.9 Å². The second-order valence-electron chi connectivity index (χ2n) is 24.1. The fourth-order valence-electron chi connectivity index (χ4n) is 9.74. The topological polar surface area (TPSA) is 108 Å². The Balaban J connectivity index is 4.10. The Morgan fingerprint density at radius 1 is 0.383 bits per heavy atom. The van der Waals surface area contributed by atoms with E-state index >= 15 is 0 Å². The average molecular weight is 1140 g/mol. The molecule has 0 aliphatic carbocycles. The molecule has 1 N–H and O–H groups in total. The summed E-state index contributed by atoms with van der Waals surface area (Å²) in [7, 11) is 5.98. The van der Waals surface area contributed by atoms with Crippen LogP contribution in [0.1, 0.15) is 309 Å². The molecule has 9 heteroatoms. The molecule has 81 heavy (non-hydrogen) atoms. The molecule has 0 heterocycles. The third-order valence-electron chi connectivity index (χ3n) is 14.9. The van der Waals surface area contributed by atoms with Crippen LogP contribution in [0, 0.1) is 0 Å². The SMILES string of the molecule is CC/C=C\C/C=C\C/C=C\C/C=C\CCCCCCCCCCCCCCC(=O)OC(COC(=O)CCCCCCCCCCCCCCCCCCCCC/C=C\C/C=C\CCCCCCC)COC(OCC[N+](C)(C)C)C(=O)O. The van der Waals surface area contributed by atoms with Crippen molar-refractivity contribution in [1.82, 2.24) is 0 Å². The molecule has 0 amide bonds. The molecule has 0 aromatic heterocycles. The zero-order valence-electron chi connectivity index (χ0n) is 53.7. The van der Waals surface area contributed by atoms with Gasteiger partial charge in [0.1, 0.15) is 13.2 Å². The smallest absolute Gasteiger partial charge is 0.361 e. The minimum absolute atomic E-state index is 0.182. The monoisotopic (exact) mass is 1140 g/mol. The summed E-state index contributed by atoms with van der Waals surface area (Å²) in [6.45, 7) is 4.79. The first-order valence-electron chi connectivity index (χ1n) is 34.1. The summed E-state index contributed by atoms with van der Waals surface area (Å²) in [5, 5.41) is 9.74. The van der Waals surface area contributed by atoms with Crippen LogP contribution in [0.2, 0.25) is 0 Å². The number of likely N-dealkylation sites (N-methyl/N-ethyl adjacent to an activating group) is 1. The largest absolute Gasteiger partial charge is 0.477 e. The van der Waals surface area contributed by atoms with Crippen LogP contribution in [0.15, 0.2) is 72.9 Å². The number of carbonyl (C=O) groups is 3. The van der Waals surface area contributed by atoms with E-state index in [2.05, 4.69) is 86.8 Å². The molecule has 0 aromatic rings. The number of esters is 2. The van der Waals surface area contributed by atoms with Gasteiger partial charge in [-0.3, -0.25) is 9.59 Å². The quantitative estimate of drug-likeness (QED) is 0.0211. The van der Waals surface area contributed by atoms with Gasteiger partial charge in [0.2, 0.25) is 0 Å². The molecule has 0 rings (SSSR count). The summed E-state index contributed by atoms with van der Waals surface area (Å²) in [5.41, 5.74) is 0. The van der Waals surface area contributed by atoms with E-state index in [0.29, 0.717) is 17.4 Å². The van der Waals surface area contributed by atoms with Crippen molar-refractivity contribution >= 4 is 17.9 Å². The van der Waals surface area contributed by atoms with E-state index in [-0.39, 0.29) is 32.2 Å². The molecule has 2 unspecified atom stereocenters. The highest BCUT2D eigenvalue weighted by atomic mass is 16.7. The lowest BCUT2D eigenvalue weighted by atomic mass is 10.0. The number of rotatable bonds is 63. The Bertz CT molecular complexity index is 1560. The van der Waals surface area contributed by atoms with Gasteiger partial charge in [0.15, 0.2) is 6.10 Å². The highest BCUT2D eigenvalue weighted by molar-refractivity contribution is 5.71. The van der Waals surface area contributed by atoms with Crippen molar-refractivity contribution in [2.45, 2.75) is 322 Å². The Hall–Kier alpha value is -3.27. The van der Waals surface area contributed by atoms with Crippen molar-refractivity contribution in [1.29, 1.82) is 0 Å². The molecule has 0 spiro atoms. The summed E-state index contributed by atoms with van der Waals surface area (Å²) in [5.74, 6) is -1.99. The van der Waals surface area contributed by atoms with Gasteiger partial charge in [-0.15, -0.1) is 0 Å². The van der Waals surface area contributed by atoms with E-state index in [9.17, 15) is 19.5 Å². The average Bonchev–Trinajstić information content (AvgIpc) is 3.44. The number of hydrogen-bond acceptors (Lipinski definition) is 7. The van der Waals surface area contributed by atoms with Crippen LogP contribution in [0.4, 0.5) is 0 Å². The first kappa shape index (κ1) is 77.7. The maximum atomic E-state index is 12.9. The summed E-state index contributed by atoms with van der Waals surface area (Å²) >= 11 is 0. The zero-order chi connectivity index (χ0) is 59.1. The standard InChI is InChI=1S/C72H129NO8/c1-6-8-10-12-14-16-18-20-22-24-26-28-30-32-33-34-35-36-37-39-40-42-44-46-48-50-52-54-56-58-60-62-69(74)79-66-68(67-80-72(71(76)77)78-65-64-73(3,4)5)81-70(75)63-61-59-57-55-53-51-49-47-45-43-41-38-31-29-27-25-23-21-19-17-15-13-11-9-7-2/h9,11,15,17-18,20-21,23-24,26-27,29,68,72H,6-8,10,12-14,16,19,22,25,28,30-67H2,1-5H3/p+1/b11-9-,17-15-,20-18-,23-21-,26-24-,29-27-. The van der Waals surface area contributed by atoms with E-state index in [0.717, 1.165) is 70.6 Å². The number of quaternary nitrogens is 1. The molecule has 9 nitrogen and oxygen atoms in total. The van der Waals surface area contributed by atoms with Gasteiger partial charge in [-0.25, -0.2) is 4.79 Å². The van der Waals surface area contributed by atoms with Gasteiger partial charge < -0.3 is 28.5 Å². The van der Waals surface area contributed by atoms with E-state index < -0.39 is 24.3 Å². The van der Waals surface area contributed by atoms with Crippen LogP contribution in [0.3, 0.4) is 0 Å². The molecule has 2 atom stereocenters. The van der Waals surface area contributed by atoms with Gasteiger partial charge in [-0.05, 0) is 83.5 Å². The molecule has 0 radical (unpaired) electrons. The minimum atomic E-state index is -1.51. The van der Waals surface area contributed by atoms with Crippen molar-refractivity contribution < 1.29 is 42.9 Å². The number of nitrogens with zero attached hydrogens (tertiary/aromatic N) is 1. The zero-order valence-corrected chi connectivity index (χ0v) is 53.7. The molecule has 0 saturated heterocycles. The molecular formula is C72H130NO8+. The second-order valence-corrected chi connectivity index (χ2v) is 24.1. The molecule has 470 valence electrons. The number of carboxylic acids is 1. The molecule has 0 fully saturated rings. The normalized spacial score (nSPS) is 13.1. The first-order chi connectivity index (χ1) is 39.6. The van der Waals surface area contributed by atoms with Crippen molar-refractivity contribution in [2.24, 2.45) is 0 Å². The molecule has 0 saturated carbocycles. The Morgan fingerprint density at radius 2 is 0.704 bits per heavy atom. The molecular weight excluding hydrogens is 1010 g/mol. The number of aliphatic carboxylic acids is 1. The van der Waals surface area contributed by atoms with Crippen LogP contribution in [0.25, 0.3) is 0 Å². The van der Waals surface area contributed by atoms with Crippen molar-refractivity contribution in [3.63, 3.8) is 0 Å². The van der Waals surface area contributed by atoms with Gasteiger partial charge in [-0.1, -0.05) is 286 Å². The number of hydrogen-bond donors (Lipinski definition) is 1. The van der Waals surface area contributed by atoms with Gasteiger partial charge in [-0.2, -0.15) is 0 Å². The van der Waals surface area contributed by atoms with Crippen molar-refractivity contribution in [3.8, 4) is 0 Å². The van der Waals surface area contributed by atoms with E-state index in [1.165, 1.54) is 212 Å². The minimum Gasteiger partial charge on any atom is -0.477 e. The highest BCUT2D eigenvalue weighted by Crippen LogP contribution is 2.18. The van der Waals surface area contributed by atoms with Crippen LogP contribution in [0.5, 0.6) is 0 Å². The third kappa shape index (κ3) is 64.1. The first-order valence-corrected chi connectivity index (χ1v) is 34.1. The Labute approximate surface area is 500 Å². The lowest BCUT2D eigenvalue weighted by Gasteiger charge is -2.25. The van der Waals surface area contributed by atoms with Crippen molar-refractivity contribution in [2.75, 3.05) is 47.5 Å². The fraction of sp³-hybridized carbons (Fsp3) is 0.792. The van der Waals surface area contributed by atoms with Gasteiger partial charge in [0.05, 0.1) is 34.4 Å². The Kier molecular flexibility index (Phi) is 60.2. The van der Waals surface area contributed by atoms with Crippen LogP contribution >= 0.6 is 0 Å². The van der Waals surface area contributed by atoms with Gasteiger partial charge in [0.25, 0.3) is 6.29 Å². The molecule has 0 aliphatic heterocycles. The summed E-state index contributed by atoms with van der Waals surface area (Å²) in [6.07, 6.45) is 80.1. The molecule has 0 aromatic carbocycles. The predicted molar refractivity (Wildman–Crippen MR) is 346 cm³/mol. The third-order valence-corrected chi connectivity index (χ3v) is 14.9. The second kappa shape index (κ2) is 62.8. The highest BCUT2D eigenvalue weighted by Gasteiger charge is 2.25. The summed E-state index contributed by atoms with van der Waals surface area (Å²) in [6, 6.07) is 0. The van der Waals surface area contributed by atoms with E-state index in [1.807, 2.05) is 21.1 Å². The van der Waals surface area contributed by atoms with Gasteiger partial charge in [0, 0.05) is 12.8 Å². The predicted octanol–water partition coefficient (Wildman–Crippen LogP) is 20.9. The lowest BCUT2D eigenvalue weighted by Crippen LogP contribution is -2.40. The van der Waals surface area contributed by atoms with Crippen LogP contribution in [-0.2, 0) is 33.3 Å². The van der Waals surface area contributed by atoms with Crippen LogP contribution in [-0.4, -0.2) is 87.4 Å². The molecule has 0 bridgehead atoms. The van der Waals surface area contributed by atoms with Gasteiger partial charge >= 0.3 is 17.9 Å². The maximum Gasteiger partial charge on any atom is 0.361 e. The number of carboxylic acid groups (broad SMARTS) is 1. The Morgan fingerprint density at radius 3 is 1.05 bits per heavy atom. The fourth-order valence-corrected chi connectivity index (χ4v) is 9.74. The number of unbranched alkanes of at least 4 members (excludes halogenated alkanes) is 36. The maximum absolute atomic E-state index is 12.9. The number of allylic oxidation sites excluding steroid dienone is 12. The summed E-state index contributed by atoms with van der Waals surface area (Å²) in [4.78, 5) is 37.6. The summed E-state index contributed by atoms with van der Waals surface area (Å²) < 4.78 is 23.0. The number of ether oxygens (including phenoxy) is 4. The lowest BCUT2D eigenvalue weighted by molar-refractivity contribution is -0.870. The van der Waals surface area contributed by atoms with Crippen LogP contribution < -0.4 is 0 Å². The van der Waals surface area contributed by atoms with E-state index in [1.54, 1.807) is 0 Å². The molecule has 0 aliphatic rings.